The van der Waals surface area contributed by atoms with Crippen LogP contribution in [0.25, 0.3) is 10.8 Å². The minimum absolute atomic E-state index is 0.0804. The van der Waals surface area contributed by atoms with Crippen LogP contribution in [0.15, 0.2) is 60.7 Å². The molecule has 0 unspecified atom stereocenters. The summed E-state index contributed by atoms with van der Waals surface area (Å²) in [4.78, 5) is 38.9. The van der Waals surface area contributed by atoms with E-state index in [2.05, 4.69) is 5.32 Å². The molecule has 1 fully saturated rings. The van der Waals surface area contributed by atoms with Crippen LogP contribution in [0.3, 0.4) is 0 Å². The van der Waals surface area contributed by atoms with Gasteiger partial charge in [-0.15, -0.1) is 0 Å². The highest BCUT2D eigenvalue weighted by Crippen LogP contribution is 2.29. The Morgan fingerprint density at radius 3 is 2.65 bits per heavy atom. The van der Waals surface area contributed by atoms with Crippen LogP contribution >= 0.6 is 0 Å². The van der Waals surface area contributed by atoms with Crippen LogP contribution in [-0.2, 0) is 19.1 Å². The molecule has 6 heteroatoms. The molecule has 31 heavy (non-hydrogen) atoms. The molecule has 1 N–H and O–H groups in total. The van der Waals surface area contributed by atoms with Crippen molar-refractivity contribution in [3.05, 3.63) is 71.8 Å². The van der Waals surface area contributed by atoms with Crippen molar-refractivity contribution in [2.45, 2.75) is 20.3 Å². The van der Waals surface area contributed by atoms with Crippen molar-refractivity contribution < 1.29 is 19.1 Å². The van der Waals surface area contributed by atoms with Gasteiger partial charge < -0.3 is 15.0 Å². The molecule has 3 aromatic carbocycles. The second kappa shape index (κ2) is 8.60. The Balaban J connectivity index is 1.35. The molecule has 2 amide bonds. The van der Waals surface area contributed by atoms with Crippen LogP contribution in [0.5, 0.6) is 0 Å². The average molecular weight is 416 g/mol. The number of carbonyl (C=O) groups is 3. The summed E-state index contributed by atoms with van der Waals surface area (Å²) in [5.41, 5.74) is 3.56. The Morgan fingerprint density at radius 1 is 1.06 bits per heavy atom. The van der Waals surface area contributed by atoms with E-state index in [9.17, 15) is 14.4 Å². The van der Waals surface area contributed by atoms with Gasteiger partial charge in [0.1, 0.15) is 0 Å². The Hall–Kier alpha value is -3.67. The van der Waals surface area contributed by atoms with E-state index in [1.165, 1.54) is 0 Å². The monoisotopic (exact) mass is 416 g/mol. The zero-order valence-corrected chi connectivity index (χ0v) is 17.6. The quantitative estimate of drug-likeness (QED) is 0.638. The number of esters is 1. The second-order valence-corrected chi connectivity index (χ2v) is 7.88. The molecule has 0 aromatic heterocycles. The number of ether oxygens (including phenoxy) is 1. The van der Waals surface area contributed by atoms with Crippen molar-refractivity contribution in [3.63, 3.8) is 0 Å². The maximum Gasteiger partial charge on any atom is 0.311 e. The number of fused-ring (bicyclic) bond motifs is 1. The van der Waals surface area contributed by atoms with Gasteiger partial charge in [0, 0.05) is 29.7 Å². The van der Waals surface area contributed by atoms with E-state index in [0.717, 1.165) is 27.6 Å². The summed E-state index contributed by atoms with van der Waals surface area (Å²) in [6.07, 6.45) is 0.0804. The highest BCUT2D eigenvalue weighted by Gasteiger charge is 2.36. The van der Waals surface area contributed by atoms with Gasteiger partial charge >= 0.3 is 5.97 Å². The Labute approximate surface area is 180 Å². The van der Waals surface area contributed by atoms with Gasteiger partial charge in [-0.3, -0.25) is 14.4 Å². The fraction of sp³-hybridized carbons (Fsp3) is 0.240. The predicted molar refractivity (Wildman–Crippen MR) is 120 cm³/mol. The molecule has 0 radical (unpaired) electrons. The first-order chi connectivity index (χ1) is 14.9. The third-order valence-corrected chi connectivity index (χ3v) is 5.51. The molecule has 4 rings (SSSR count). The number of hydrogen-bond acceptors (Lipinski definition) is 4. The van der Waals surface area contributed by atoms with Crippen LogP contribution in [0.4, 0.5) is 11.4 Å². The van der Waals surface area contributed by atoms with E-state index in [1.54, 1.807) is 11.0 Å². The molecule has 3 aromatic rings. The molecule has 158 valence electrons. The molecule has 6 nitrogen and oxygen atoms in total. The summed E-state index contributed by atoms with van der Waals surface area (Å²) < 4.78 is 5.22. The van der Waals surface area contributed by atoms with Crippen LogP contribution in [0.2, 0.25) is 0 Å². The molecule has 0 saturated carbocycles. The molecular formula is C25H24N2O4. The topological polar surface area (TPSA) is 75.7 Å². The van der Waals surface area contributed by atoms with Crippen molar-refractivity contribution >= 4 is 39.9 Å². The predicted octanol–water partition coefficient (Wildman–Crippen LogP) is 3.99. The van der Waals surface area contributed by atoms with Gasteiger partial charge in [0.25, 0.3) is 5.91 Å². The maximum absolute atomic E-state index is 12.5. The van der Waals surface area contributed by atoms with Crippen LogP contribution in [-0.4, -0.2) is 30.9 Å². The largest absolute Gasteiger partial charge is 0.455 e. The van der Waals surface area contributed by atoms with Crippen LogP contribution < -0.4 is 10.2 Å². The number of anilines is 2. The van der Waals surface area contributed by atoms with Crippen molar-refractivity contribution in [1.29, 1.82) is 0 Å². The van der Waals surface area contributed by atoms with Crippen molar-refractivity contribution in [2.24, 2.45) is 5.92 Å². The van der Waals surface area contributed by atoms with E-state index >= 15 is 0 Å². The highest BCUT2D eigenvalue weighted by molar-refractivity contribution is 6.03. The van der Waals surface area contributed by atoms with Gasteiger partial charge in [0.15, 0.2) is 6.61 Å². The van der Waals surface area contributed by atoms with E-state index < -0.39 is 24.4 Å². The van der Waals surface area contributed by atoms with Crippen LogP contribution in [0, 0.1) is 19.8 Å². The smallest absolute Gasteiger partial charge is 0.311 e. The van der Waals surface area contributed by atoms with E-state index in [1.807, 2.05) is 68.4 Å². The van der Waals surface area contributed by atoms with Gasteiger partial charge in [-0.2, -0.15) is 0 Å². The van der Waals surface area contributed by atoms with Crippen LogP contribution in [0.1, 0.15) is 17.5 Å². The summed E-state index contributed by atoms with van der Waals surface area (Å²) in [6.45, 7) is 3.80. The van der Waals surface area contributed by atoms with Gasteiger partial charge in [0.2, 0.25) is 5.91 Å². The number of nitrogens with one attached hydrogen (secondary N) is 1. The molecular weight excluding hydrogens is 392 g/mol. The summed E-state index contributed by atoms with van der Waals surface area (Å²) in [5.74, 6) is -1.65. The minimum atomic E-state index is -0.585. The van der Waals surface area contributed by atoms with E-state index in [4.69, 9.17) is 4.74 Å². The lowest BCUT2D eigenvalue weighted by molar-refractivity contribution is -0.151. The number of nitrogens with zero attached hydrogens (tertiary/aromatic N) is 1. The fourth-order valence-corrected chi connectivity index (χ4v) is 3.98. The summed E-state index contributed by atoms with van der Waals surface area (Å²) in [7, 11) is 0. The van der Waals surface area contributed by atoms with E-state index in [-0.39, 0.29) is 18.9 Å². The molecule has 0 spiro atoms. The maximum atomic E-state index is 12.5. The average Bonchev–Trinajstić information content (AvgIpc) is 3.14. The van der Waals surface area contributed by atoms with Crippen molar-refractivity contribution in [2.75, 3.05) is 23.4 Å². The Bertz CT molecular complexity index is 1170. The lowest BCUT2D eigenvalue weighted by Crippen LogP contribution is -2.28. The number of aryl methyl sites for hydroxylation is 2. The number of hydrogen-bond donors (Lipinski definition) is 1. The van der Waals surface area contributed by atoms with Gasteiger partial charge in [-0.05, 0) is 36.9 Å². The lowest BCUT2D eigenvalue weighted by Gasteiger charge is -2.19. The fourth-order valence-electron chi connectivity index (χ4n) is 3.98. The summed E-state index contributed by atoms with van der Waals surface area (Å²) >= 11 is 0. The SMILES string of the molecule is Cc1ccc(N2C[C@@H](C(=O)OCC(=O)Nc3cccc4ccccc34)CC2=O)c(C)c1. The van der Waals surface area contributed by atoms with Crippen molar-refractivity contribution in [3.8, 4) is 0 Å². The van der Waals surface area contributed by atoms with Crippen molar-refractivity contribution in [1.82, 2.24) is 0 Å². The van der Waals surface area contributed by atoms with E-state index in [0.29, 0.717) is 5.69 Å². The molecule has 0 bridgehead atoms. The standard InChI is InChI=1S/C25H24N2O4/c1-16-10-11-22(17(2)12-16)27-14-19(13-24(27)29)25(30)31-15-23(28)26-21-9-5-7-18-6-3-4-8-20(18)21/h3-12,19H,13-15H2,1-2H3,(H,26,28)/t19-/m0/s1. The second-order valence-electron chi connectivity index (χ2n) is 7.88. The third kappa shape index (κ3) is 4.43. The normalized spacial score (nSPS) is 15.9. The lowest BCUT2D eigenvalue weighted by atomic mass is 10.1. The molecule has 1 aliphatic rings. The first-order valence-corrected chi connectivity index (χ1v) is 10.2. The molecule has 0 aliphatic carbocycles. The minimum Gasteiger partial charge on any atom is -0.455 e. The number of carbonyl (C=O) groups excluding carboxylic acids is 3. The molecule has 1 saturated heterocycles. The molecule has 1 heterocycles. The Kier molecular flexibility index (Phi) is 5.71. The molecule has 1 aliphatic heterocycles. The summed E-state index contributed by atoms with van der Waals surface area (Å²) in [6, 6.07) is 19.2. The van der Waals surface area contributed by atoms with Gasteiger partial charge in [-0.25, -0.2) is 0 Å². The number of benzene rings is 3. The first-order valence-electron chi connectivity index (χ1n) is 10.2. The number of rotatable bonds is 5. The zero-order valence-electron chi connectivity index (χ0n) is 17.6. The molecule has 1 atom stereocenters. The van der Waals surface area contributed by atoms with Gasteiger partial charge in [-0.1, -0.05) is 54.1 Å². The van der Waals surface area contributed by atoms with Gasteiger partial charge in [0.05, 0.1) is 5.92 Å². The number of amides is 2. The first kappa shape index (κ1) is 20.6. The summed E-state index contributed by atoms with van der Waals surface area (Å²) in [5, 5.41) is 4.71. The third-order valence-electron chi connectivity index (χ3n) is 5.51. The Morgan fingerprint density at radius 2 is 1.84 bits per heavy atom. The zero-order chi connectivity index (χ0) is 22.0. The highest BCUT2D eigenvalue weighted by atomic mass is 16.5.